The highest BCUT2D eigenvalue weighted by atomic mass is 32.1. The van der Waals surface area contributed by atoms with E-state index in [1.54, 1.807) is 11.3 Å². The molecule has 1 aliphatic heterocycles. The number of likely N-dealkylation sites (tertiary alicyclic amines) is 1. The predicted molar refractivity (Wildman–Crippen MR) is 90.3 cm³/mol. The fourth-order valence-electron chi connectivity index (χ4n) is 3.25. The largest absolute Gasteiger partial charge is 0.361 e. The zero-order valence-corrected chi connectivity index (χ0v) is 14.7. The van der Waals surface area contributed by atoms with Crippen molar-refractivity contribution in [2.45, 2.75) is 39.3 Å². The fourth-order valence-corrected chi connectivity index (χ4v) is 3.96. The summed E-state index contributed by atoms with van der Waals surface area (Å²) in [4.78, 5) is 16.8. The SMILES string of the molecule is Cc1noc(C)c1CN(C)CC(=O)N1CCCC1c1ccsc1. The topological polar surface area (TPSA) is 49.6 Å². The molecule has 1 unspecified atom stereocenters. The lowest BCUT2D eigenvalue weighted by Gasteiger charge is -2.26. The molecule has 3 rings (SSSR count). The van der Waals surface area contributed by atoms with Crippen molar-refractivity contribution in [3.63, 3.8) is 0 Å². The van der Waals surface area contributed by atoms with E-state index in [-0.39, 0.29) is 11.9 Å². The van der Waals surface area contributed by atoms with Crippen LogP contribution in [-0.4, -0.2) is 41.0 Å². The lowest BCUT2D eigenvalue weighted by molar-refractivity contribution is -0.133. The van der Waals surface area contributed by atoms with E-state index in [1.807, 2.05) is 30.7 Å². The number of carbonyl (C=O) groups excluding carboxylic acids is 1. The third-order valence-corrected chi connectivity index (χ3v) is 5.22. The molecule has 1 fully saturated rings. The lowest BCUT2D eigenvalue weighted by Crippen LogP contribution is -2.38. The van der Waals surface area contributed by atoms with Gasteiger partial charge in [0.15, 0.2) is 0 Å². The molecule has 0 radical (unpaired) electrons. The van der Waals surface area contributed by atoms with Crippen LogP contribution in [0.5, 0.6) is 0 Å². The first-order valence-electron chi connectivity index (χ1n) is 7.98. The van der Waals surface area contributed by atoms with E-state index in [0.717, 1.165) is 36.4 Å². The number of nitrogens with zero attached hydrogens (tertiary/aromatic N) is 3. The van der Waals surface area contributed by atoms with Gasteiger partial charge in [0.25, 0.3) is 0 Å². The molecule has 0 aromatic carbocycles. The maximum Gasteiger partial charge on any atom is 0.237 e. The molecule has 1 atom stereocenters. The van der Waals surface area contributed by atoms with Crippen LogP contribution in [0.3, 0.4) is 0 Å². The Bertz CT molecular complexity index is 646. The first-order valence-corrected chi connectivity index (χ1v) is 8.92. The number of carbonyl (C=O) groups is 1. The molecule has 0 aliphatic carbocycles. The molecule has 5 nitrogen and oxygen atoms in total. The quantitative estimate of drug-likeness (QED) is 0.843. The Labute approximate surface area is 140 Å². The van der Waals surface area contributed by atoms with E-state index in [0.29, 0.717) is 13.1 Å². The Hall–Kier alpha value is -1.66. The Morgan fingerprint density at radius 2 is 2.35 bits per heavy atom. The Balaban J connectivity index is 1.62. The average Bonchev–Trinajstić information content (AvgIpc) is 3.23. The molecule has 124 valence electrons. The summed E-state index contributed by atoms with van der Waals surface area (Å²) in [6.45, 7) is 5.82. The molecule has 0 saturated carbocycles. The van der Waals surface area contributed by atoms with Gasteiger partial charge in [-0.3, -0.25) is 9.69 Å². The van der Waals surface area contributed by atoms with Crippen LogP contribution in [0.2, 0.25) is 0 Å². The molecule has 1 saturated heterocycles. The van der Waals surface area contributed by atoms with Crippen molar-refractivity contribution in [3.8, 4) is 0 Å². The van der Waals surface area contributed by atoms with Gasteiger partial charge in [0.1, 0.15) is 5.76 Å². The van der Waals surface area contributed by atoms with E-state index in [4.69, 9.17) is 4.52 Å². The standard InChI is InChI=1S/C17H23N3O2S/c1-12-15(13(2)22-18-12)9-19(3)10-17(21)20-7-4-5-16(20)14-6-8-23-11-14/h6,8,11,16H,4-5,7,9-10H2,1-3H3. The number of aromatic nitrogens is 1. The smallest absolute Gasteiger partial charge is 0.237 e. The van der Waals surface area contributed by atoms with E-state index in [1.165, 1.54) is 5.56 Å². The van der Waals surface area contributed by atoms with Crippen LogP contribution >= 0.6 is 11.3 Å². The number of thiophene rings is 1. The number of rotatable bonds is 5. The van der Waals surface area contributed by atoms with Gasteiger partial charge >= 0.3 is 0 Å². The normalized spacial score (nSPS) is 18.1. The molecule has 1 amide bonds. The van der Waals surface area contributed by atoms with Gasteiger partial charge in [0, 0.05) is 18.7 Å². The maximum absolute atomic E-state index is 12.7. The molecular formula is C17H23N3O2S. The van der Waals surface area contributed by atoms with E-state index in [2.05, 4.69) is 22.0 Å². The second-order valence-corrected chi connectivity index (χ2v) is 7.06. The zero-order valence-electron chi connectivity index (χ0n) is 13.9. The summed E-state index contributed by atoms with van der Waals surface area (Å²) in [5.41, 5.74) is 3.25. The molecular weight excluding hydrogens is 310 g/mol. The lowest BCUT2D eigenvalue weighted by atomic mass is 10.1. The molecule has 3 heterocycles. The van der Waals surface area contributed by atoms with Gasteiger partial charge in [-0.1, -0.05) is 5.16 Å². The maximum atomic E-state index is 12.7. The molecule has 2 aromatic heterocycles. The van der Waals surface area contributed by atoms with Crippen LogP contribution in [0.15, 0.2) is 21.3 Å². The molecule has 2 aromatic rings. The number of likely N-dealkylation sites (N-methyl/N-ethyl adjacent to an activating group) is 1. The summed E-state index contributed by atoms with van der Waals surface area (Å²) in [7, 11) is 1.97. The highest BCUT2D eigenvalue weighted by Crippen LogP contribution is 2.33. The van der Waals surface area contributed by atoms with Gasteiger partial charge in [-0.05, 0) is 56.1 Å². The minimum absolute atomic E-state index is 0.202. The first-order chi connectivity index (χ1) is 11.1. The van der Waals surface area contributed by atoms with Crippen LogP contribution < -0.4 is 0 Å². The van der Waals surface area contributed by atoms with Crippen LogP contribution in [0.4, 0.5) is 0 Å². The van der Waals surface area contributed by atoms with Crippen molar-refractivity contribution in [3.05, 3.63) is 39.4 Å². The van der Waals surface area contributed by atoms with Gasteiger partial charge in [0.05, 0.1) is 18.3 Å². The summed E-state index contributed by atoms with van der Waals surface area (Å²) in [5.74, 6) is 1.03. The van der Waals surface area contributed by atoms with Crippen molar-refractivity contribution in [1.82, 2.24) is 15.0 Å². The molecule has 23 heavy (non-hydrogen) atoms. The summed E-state index contributed by atoms with van der Waals surface area (Å²) >= 11 is 1.69. The zero-order chi connectivity index (χ0) is 16.4. The minimum Gasteiger partial charge on any atom is -0.361 e. The third-order valence-electron chi connectivity index (χ3n) is 4.52. The first kappa shape index (κ1) is 16.2. The highest BCUT2D eigenvalue weighted by Gasteiger charge is 2.30. The van der Waals surface area contributed by atoms with Crippen molar-refractivity contribution < 1.29 is 9.32 Å². The second kappa shape index (κ2) is 6.84. The van der Waals surface area contributed by atoms with Gasteiger partial charge < -0.3 is 9.42 Å². The Kier molecular flexibility index (Phi) is 4.82. The van der Waals surface area contributed by atoms with Crippen LogP contribution in [-0.2, 0) is 11.3 Å². The summed E-state index contributed by atoms with van der Waals surface area (Å²) in [6, 6.07) is 2.38. The predicted octanol–water partition coefficient (Wildman–Crippen LogP) is 3.15. The van der Waals surface area contributed by atoms with Crippen molar-refractivity contribution in [2.75, 3.05) is 20.1 Å². The summed E-state index contributed by atoms with van der Waals surface area (Å²) in [5, 5.41) is 8.22. The van der Waals surface area contributed by atoms with Crippen LogP contribution in [0.1, 0.15) is 41.5 Å². The van der Waals surface area contributed by atoms with Crippen molar-refractivity contribution in [2.24, 2.45) is 0 Å². The van der Waals surface area contributed by atoms with Crippen LogP contribution in [0.25, 0.3) is 0 Å². The van der Waals surface area contributed by atoms with Crippen LogP contribution in [0, 0.1) is 13.8 Å². The van der Waals surface area contributed by atoms with Crippen molar-refractivity contribution >= 4 is 17.2 Å². The Morgan fingerprint density at radius 3 is 3.00 bits per heavy atom. The summed E-state index contributed by atoms with van der Waals surface area (Å²) in [6.07, 6.45) is 2.15. The van der Waals surface area contributed by atoms with E-state index >= 15 is 0 Å². The van der Waals surface area contributed by atoms with Gasteiger partial charge in [0.2, 0.25) is 5.91 Å². The number of hydrogen-bond acceptors (Lipinski definition) is 5. The van der Waals surface area contributed by atoms with Gasteiger partial charge in [-0.2, -0.15) is 11.3 Å². The van der Waals surface area contributed by atoms with E-state index < -0.39 is 0 Å². The number of amides is 1. The second-order valence-electron chi connectivity index (χ2n) is 6.28. The monoisotopic (exact) mass is 333 g/mol. The molecule has 6 heteroatoms. The molecule has 0 N–H and O–H groups in total. The fraction of sp³-hybridized carbons (Fsp3) is 0.529. The average molecular weight is 333 g/mol. The van der Waals surface area contributed by atoms with Crippen molar-refractivity contribution in [1.29, 1.82) is 0 Å². The molecule has 0 bridgehead atoms. The number of hydrogen-bond donors (Lipinski definition) is 0. The third kappa shape index (κ3) is 3.48. The van der Waals surface area contributed by atoms with Gasteiger partial charge in [-0.25, -0.2) is 0 Å². The van der Waals surface area contributed by atoms with Gasteiger partial charge in [-0.15, -0.1) is 0 Å². The number of aryl methyl sites for hydroxylation is 2. The molecule has 1 aliphatic rings. The molecule has 0 spiro atoms. The summed E-state index contributed by atoms with van der Waals surface area (Å²) < 4.78 is 5.20. The minimum atomic E-state index is 0.202. The Morgan fingerprint density at radius 1 is 1.52 bits per heavy atom. The highest BCUT2D eigenvalue weighted by molar-refractivity contribution is 7.07. The van der Waals surface area contributed by atoms with E-state index in [9.17, 15) is 4.79 Å².